The smallest absolute Gasteiger partial charge is 0.234 e. The van der Waals surface area contributed by atoms with Gasteiger partial charge in [0.2, 0.25) is 5.91 Å². The molecule has 5 nitrogen and oxygen atoms in total. The second-order valence-electron chi connectivity index (χ2n) is 4.04. The van der Waals surface area contributed by atoms with E-state index in [9.17, 15) is 4.79 Å². The molecular weight excluding hydrogens is 196 g/mol. The predicted molar refractivity (Wildman–Crippen MR) is 56.5 cm³/mol. The van der Waals surface area contributed by atoms with E-state index in [1.54, 1.807) is 0 Å². The molecule has 1 atom stereocenters. The topological polar surface area (TPSA) is 59.6 Å². The Labute approximate surface area is 90.5 Å². The van der Waals surface area contributed by atoms with Crippen LogP contribution < -0.4 is 10.6 Å². The van der Waals surface area contributed by atoms with Gasteiger partial charge in [-0.3, -0.25) is 4.79 Å². The van der Waals surface area contributed by atoms with Crippen molar-refractivity contribution in [1.29, 1.82) is 0 Å². The number of amides is 1. The van der Waals surface area contributed by atoms with Gasteiger partial charge >= 0.3 is 0 Å². The van der Waals surface area contributed by atoms with Crippen molar-refractivity contribution in [1.82, 2.24) is 10.6 Å². The molecule has 2 N–H and O–H groups in total. The SMILES string of the molecule is CCNCC(=O)NCC1COC(C)(C)O1. The van der Waals surface area contributed by atoms with Crippen molar-refractivity contribution < 1.29 is 14.3 Å². The number of ether oxygens (including phenoxy) is 2. The molecule has 1 unspecified atom stereocenters. The summed E-state index contributed by atoms with van der Waals surface area (Å²) in [5, 5.41) is 5.75. The van der Waals surface area contributed by atoms with Crippen molar-refractivity contribution in [2.75, 3.05) is 26.2 Å². The molecule has 0 radical (unpaired) electrons. The molecule has 5 heteroatoms. The van der Waals surface area contributed by atoms with Crippen LogP contribution >= 0.6 is 0 Å². The summed E-state index contributed by atoms with van der Waals surface area (Å²) in [6.45, 7) is 7.89. The van der Waals surface area contributed by atoms with Crippen LogP contribution in [-0.4, -0.2) is 44.0 Å². The van der Waals surface area contributed by atoms with Gasteiger partial charge in [-0.1, -0.05) is 6.92 Å². The largest absolute Gasteiger partial charge is 0.352 e. The molecule has 1 heterocycles. The lowest BCUT2D eigenvalue weighted by atomic mass is 10.3. The molecule has 1 amide bonds. The summed E-state index contributed by atoms with van der Waals surface area (Å²) in [5.74, 6) is -0.526. The maximum absolute atomic E-state index is 11.3. The molecule has 1 rings (SSSR count). The highest BCUT2D eigenvalue weighted by Crippen LogP contribution is 2.21. The van der Waals surface area contributed by atoms with Gasteiger partial charge in [-0.25, -0.2) is 0 Å². The van der Waals surface area contributed by atoms with Crippen LogP contribution in [0.3, 0.4) is 0 Å². The first-order valence-electron chi connectivity index (χ1n) is 5.32. The summed E-state index contributed by atoms with van der Waals surface area (Å²) in [6, 6.07) is 0. The molecular formula is C10H20N2O3. The average molecular weight is 216 g/mol. The monoisotopic (exact) mass is 216 g/mol. The summed E-state index contributed by atoms with van der Waals surface area (Å²) < 4.78 is 10.9. The van der Waals surface area contributed by atoms with Crippen molar-refractivity contribution >= 4 is 5.91 Å². The molecule has 15 heavy (non-hydrogen) atoms. The van der Waals surface area contributed by atoms with E-state index < -0.39 is 5.79 Å². The van der Waals surface area contributed by atoms with Gasteiger partial charge in [0.1, 0.15) is 6.10 Å². The van der Waals surface area contributed by atoms with E-state index in [0.717, 1.165) is 6.54 Å². The number of nitrogens with one attached hydrogen (secondary N) is 2. The zero-order valence-electron chi connectivity index (χ0n) is 9.63. The Morgan fingerprint density at radius 1 is 1.53 bits per heavy atom. The highest BCUT2D eigenvalue weighted by molar-refractivity contribution is 5.77. The summed E-state index contributed by atoms with van der Waals surface area (Å²) in [6.07, 6.45) is -0.0365. The van der Waals surface area contributed by atoms with Crippen molar-refractivity contribution in [3.05, 3.63) is 0 Å². The molecule has 1 saturated heterocycles. The van der Waals surface area contributed by atoms with Crippen LogP contribution in [0.25, 0.3) is 0 Å². The van der Waals surface area contributed by atoms with Crippen LogP contribution in [0.1, 0.15) is 20.8 Å². The molecule has 0 aliphatic carbocycles. The fraction of sp³-hybridized carbons (Fsp3) is 0.900. The number of hydrogen-bond acceptors (Lipinski definition) is 4. The molecule has 1 aliphatic heterocycles. The van der Waals surface area contributed by atoms with Crippen LogP contribution in [0.4, 0.5) is 0 Å². The Kier molecular flexibility index (Phi) is 4.50. The van der Waals surface area contributed by atoms with Crippen molar-refractivity contribution in [2.24, 2.45) is 0 Å². The molecule has 0 saturated carbocycles. The van der Waals surface area contributed by atoms with Crippen molar-refractivity contribution in [3.8, 4) is 0 Å². The molecule has 0 aromatic rings. The zero-order valence-corrected chi connectivity index (χ0v) is 9.63. The number of hydrogen-bond donors (Lipinski definition) is 2. The lowest BCUT2D eigenvalue weighted by molar-refractivity contribution is -0.139. The fourth-order valence-corrected chi connectivity index (χ4v) is 1.39. The Hall–Kier alpha value is -0.650. The van der Waals surface area contributed by atoms with Gasteiger partial charge in [0.15, 0.2) is 5.79 Å². The Balaban J connectivity index is 2.13. The molecule has 1 fully saturated rings. The maximum atomic E-state index is 11.3. The first kappa shape index (κ1) is 12.4. The highest BCUT2D eigenvalue weighted by Gasteiger charge is 2.32. The van der Waals surface area contributed by atoms with Gasteiger partial charge in [-0.15, -0.1) is 0 Å². The number of carbonyl (C=O) groups excluding carboxylic acids is 1. The quantitative estimate of drug-likeness (QED) is 0.672. The molecule has 0 bridgehead atoms. The van der Waals surface area contributed by atoms with Crippen LogP contribution in [0.2, 0.25) is 0 Å². The van der Waals surface area contributed by atoms with E-state index in [-0.39, 0.29) is 12.0 Å². The number of carbonyl (C=O) groups is 1. The van der Waals surface area contributed by atoms with E-state index in [1.807, 2.05) is 20.8 Å². The third-order valence-electron chi connectivity index (χ3n) is 2.13. The second-order valence-corrected chi connectivity index (χ2v) is 4.04. The number of likely N-dealkylation sites (N-methyl/N-ethyl adjacent to an activating group) is 1. The number of rotatable bonds is 5. The van der Waals surface area contributed by atoms with Crippen LogP contribution in [0.15, 0.2) is 0 Å². The van der Waals surface area contributed by atoms with Gasteiger partial charge < -0.3 is 20.1 Å². The van der Waals surface area contributed by atoms with Gasteiger partial charge in [0.05, 0.1) is 13.2 Å². The maximum Gasteiger partial charge on any atom is 0.234 e. The normalized spacial score (nSPS) is 24.1. The Morgan fingerprint density at radius 3 is 2.80 bits per heavy atom. The summed E-state index contributed by atoms with van der Waals surface area (Å²) in [7, 11) is 0. The molecule has 0 aromatic heterocycles. The fourth-order valence-electron chi connectivity index (χ4n) is 1.39. The van der Waals surface area contributed by atoms with E-state index in [4.69, 9.17) is 9.47 Å². The molecule has 1 aliphatic rings. The lowest BCUT2D eigenvalue weighted by Gasteiger charge is -2.17. The molecule has 88 valence electrons. The van der Waals surface area contributed by atoms with Gasteiger partial charge in [-0.05, 0) is 20.4 Å². The van der Waals surface area contributed by atoms with Crippen LogP contribution in [0, 0.1) is 0 Å². The minimum atomic E-state index is -0.517. The first-order valence-corrected chi connectivity index (χ1v) is 5.32. The van der Waals surface area contributed by atoms with E-state index >= 15 is 0 Å². The van der Waals surface area contributed by atoms with E-state index in [2.05, 4.69) is 10.6 Å². The Morgan fingerprint density at radius 2 is 2.27 bits per heavy atom. The van der Waals surface area contributed by atoms with Gasteiger partial charge in [0.25, 0.3) is 0 Å². The van der Waals surface area contributed by atoms with E-state index in [0.29, 0.717) is 19.7 Å². The van der Waals surface area contributed by atoms with E-state index in [1.165, 1.54) is 0 Å². The second kappa shape index (κ2) is 5.44. The summed E-state index contributed by atoms with van der Waals surface area (Å²) in [4.78, 5) is 11.3. The summed E-state index contributed by atoms with van der Waals surface area (Å²) in [5.41, 5.74) is 0. The van der Waals surface area contributed by atoms with Gasteiger partial charge in [0, 0.05) is 6.54 Å². The first-order chi connectivity index (χ1) is 7.03. The predicted octanol–water partition coefficient (Wildman–Crippen LogP) is -0.136. The standard InChI is InChI=1S/C10H20N2O3/c1-4-11-6-9(13)12-5-8-7-14-10(2,3)15-8/h8,11H,4-7H2,1-3H3,(H,12,13). The van der Waals surface area contributed by atoms with Crippen LogP contribution in [-0.2, 0) is 14.3 Å². The molecule has 0 spiro atoms. The highest BCUT2D eigenvalue weighted by atomic mass is 16.7. The van der Waals surface area contributed by atoms with Crippen LogP contribution in [0.5, 0.6) is 0 Å². The van der Waals surface area contributed by atoms with Crippen molar-refractivity contribution in [3.63, 3.8) is 0 Å². The minimum Gasteiger partial charge on any atom is -0.352 e. The zero-order chi connectivity index (χ0) is 11.3. The van der Waals surface area contributed by atoms with Crippen molar-refractivity contribution in [2.45, 2.75) is 32.7 Å². The third kappa shape index (κ3) is 4.59. The van der Waals surface area contributed by atoms with Gasteiger partial charge in [-0.2, -0.15) is 0 Å². The average Bonchev–Trinajstić information content (AvgIpc) is 2.52. The summed E-state index contributed by atoms with van der Waals surface area (Å²) >= 11 is 0. The lowest BCUT2D eigenvalue weighted by Crippen LogP contribution is -2.39. The minimum absolute atomic E-state index is 0.00911. The third-order valence-corrected chi connectivity index (χ3v) is 2.13. The molecule has 0 aromatic carbocycles. The Bertz CT molecular complexity index is 219.